The number of aromatic nitrogens is 2. The third kappa shape index (κ3) is 4.76. The average Bonchev–Trinajstić information content (AvgIpc) is 2.47. The van der Waals surface area contributed by atoms with E-state index in [0.717, 1.165) is 12.1 Å². The summed E-state index contributed by atoms with van der Waals surface area (Å²) in [5.41, 5.74) is 0.995. The van der Waals surface area contributed by atoms with Crippen LogP contribution in [-0.4, -0.2) is 23.4 Å². The molecule has 1 N–H and O–H groups in total. The van der Waals surface area contributed by atoms with Gasteiger partial charge in [0.1, 0.15) is 0 Å². The highest BCUT2D eigenvalue weighted by Gasteiger charge is 2.15. The van der Waals surface area contributed by atoms with Gasteiger partial charge in [-0.3, -0.25) is 0 Å². The number of hydrogen-bond acceptors (Lipinski definition) is 5. The molecule has 0 unspecified atom stereocenters. The Hall–Kier alpha value is -2.58. The van der Waals surface area contributed by atoms with Gasteiger partial charge < -0.3 is 14.8 Å². The largest absolute Gasteiger partial charge is 0.431 e. The summed E-state index contributed by atoms with van der Waals surface area (Å²) in [7, 11) is 0. The van der Waals surface area contributed by atoms with Gasteiger partial charge >= 0.3 is 13.2 Å². The van der Waals surface area contributed by atoms with E-state index in [-0.39, 0.29) is 6.54 Å². The van der Waals surface area contributed by atoms with Crippen LogP contribution in [-0.2, 0) is 6.54 Å². The summed E-state index contributed by atoms with van der Waals surface area (Å²) in [4.78, 5) is 0. The first-order valence-corrected chi connectivity index (χ1v) is 6.08. The van der Waals surface area contributed by atoms with Crippen molar-refractivity contribution >= 4 is 5.69 Å². The standard InChI is InChI=1S/C13H11F4N3O2/c14-12(15)21-10-4-3-8(6-11(10)22-13(16)17)18-7-9-2-1-5-19-20-9/h1-6,12-13,18H,7H2. The van der Waals surface area contributed by atoms with E-state index in [1.165, 1.54) is 12.3 Å². The molecule has 0 radical (unpaired) electrons. The van der Waals surface area contributed by atoms with Crippen LogP contribution in [0.4, 0.5) is 23.2 Å². The van der Waals surface area contributed by atoms with Gasteiger partial charge in [-0.05, 0) is 24.3 Å². The van der Waals surface area contributed by atoms with E-state index in [4.69, 9.17) is 0 Å². The Morgan fingerprint density at radius 2 is 1.73 bits per heavy atom. The van der Waals surface area contributed by atoms with Crippen molar-refractivity contribution in [2.24, 2.45) is 0 Å². The molecule has 0 atom stereocenters. The van der Waals surface area contributed by atoms with Crippen LogP contribution in [0.15, 0.2) is 36.5 Å². The van der Waals surface area contributed by atoms with Crippen LogP contribution in [0.2, 0.25) is 0 Å². The Morgan fingerprint density at radius 1 is 1.00 bits per heavy atom. The van der Waals surface area contributed by atoms with Gasteiger partial charge in [-0.1, -0.05) is 0 Å². The zero-order valence-electron chi connectivity index (χ0n) is 11.0. The number of halogens is 4. The third-order valence-corrected chi connectivity index (χ3v) is 2.48. The smallest absolute Gasteiger partial charge is 0.387 e. The minimum atomic E-state index is -3.16. The highest BCUT2D eigenvalue weighted by Crippen LogP contribution is 2.33. The minimum absolute atomic E-state index is 0.275. The van der Waals surface area contributed by atoms with E-state index in [1.54, 1.807) is 12.1 Å². The lowest BCUT2D eigenvalue weighted by Crippen LogP contribution is -2.08. The maximum Gasteiger partial charge on any atom is 0.387 e. The van der Waals surface area contributed by atoms with Crippen molar-refractivity contribution < 1.29 is 27.0 Å². The molecule has 0 aliphatic rings. The van der Waals surface area contributed by atoms with E-state index < -0.39 is 24.7 Å². The Labute approximate surface area is 122 Å². The van der Waals surface area contributed by atoms with Crippen molar-refractivity contribution in [3.63, 3.8) is 0 Å². The molecule has 1 aromatic carbocycles. The summed E-state index contributed by atoms with van der Waals surface area (Å²) in [5.74, 6) is -0.959. The van der Waals surface area contributed by atoms with Crippen molar-refractivity contribution in [1.29, 1.82) is 0 Å². The van der Waals surface area contributed by atoms with Gasteiger partial charge in [0.2, 0.25) is 0 Å². The van der Waals surface area contributed by atoms with Gasteiger partial charge in [0.15, 0.2) is 11.5 Å². The van der Waals surface area contributed by atoms with Crippen LogP contribution in [0.25, 0.3) is 0 Å². The van der Waals surface area contributed by atoms with Gasteiger partial charge in [-0.25, -0.2) is 0 Å². The van der Waals surface area contributed by atoms with E-state index in [9.17, 15) is 17.6 Å². The van der Waals surface area contributed by atoms with Gasteiger partial charge in [0.25, 0.3) is 0 Å². The SMILES string of the molecule is FC(F)Oc1ccc(NCc2cccnn2)cc1OC(F)F. The van der Waals surface area contributed by atoms with Gasteiger partial charge in [-0.2, -0.15) is 27.8 Å². The molecule has 1 aromatic heterocycles. The summed E-state index contributed by atoms with van der Waals surface area (Å²) >= 11 is 0. The molecular weight excluding hydrogens is 306 g/mol. The molecule has 0 spiro atoms. The fourth-order valence-corrected chi connectivity index (χ4v) is 1.62. The minimum Gasteiger partial charge on any atom is -0.431 e. The summed E-state index contributed by atoms with van der Waals surface area (Å²) in [6.07, 6.45) is 1.51. The lowest BCUT2D eigenvalue weighted by atomic mass is 10.2. The Balaban J connectivity index is 2.11. The van der Waals surface area contributed by atoms with E-state index in [1.807, 2.05) is 0 Å². The maximum atomic E-state index is 12.3. The number of nitrogens with zero attached hydrogens (tertiary/aromatic N) is 2. The Kier molecular flexibility index (Phi) is 5.34. The quantitative estimate of drug-likeness (QED) is 0.794. The molecule has 0 saturated heterocycles. The van der Waals surface area contributed by atoms with Crippen LogP contribution in [0.5, 0.6) is 11.5 Å². The van der Waals surface area contributed by atoms with Gasteiger partial charge in [0.05, 0.1) is 12.2 Å². The lowest BCUT2D eigenvalue weighted by Gasteiger charge is -2.13. The molecule has 2 aromatic rings. The number of nitrogens with one attached hydrogen (secondary N) is 1. The fraction of sp³-hybridized carbons (Fsp3) is 0.231. The van der Waals surface area contributed by atoms with E-state index >= 15 is 0 Å². The molecule has 0 fully saturated rings. The number of rotatable bonds is 7. The molecule has 5 nitrogen and oxygen atoms in total. The average molecular weight is 317 g/mol. The topological polar surface area (TPSA) is 56.3 Å². The highest BCUT2D eigenvalue weighted by atomic mass is 19.3. The first-order valence-electron chi connectivity index (χ1n) is 6.08. The molecule has 9 heteroatoms. The second kappa shape index (κ2) is 7.43. The predicted octanol–water partition coefficient (Wildman–Crippen LogP) is 3.29. The van der Waals surface area contributed by atoms with Crippen molar-refractivity contribution in [2.75, 3.05) is 5.32 Å². The second-order valence-corrected chi connectivity index (χ2v) is 3.99. The summed E-state index contributed by atoms with van der Waals surface area (Å²) in [5, 5.41) is 10.4. The highest BCUT2D eigenvalue weighted by molar-refractivity contribution is 5.54. The normalized spacial score (nSPS) is 10.8. The molecule has 22 heavy (non-hydrogen) atoms. The summed E-state index contributed by atoms with van der Waals surface area (Å²) in [6, 6.07) is 7.05. The first-order chi connectivity index (χ1) is 10.5. The second-order valence-electron chi connectivity index (χ2n) is 3.99. The van der Waals surface area contributed by atoms with Gasteiger partial charge in [-0.15, -0.1) is 0 Å². The number of benzene rings is 1. The third-order valence-electron chi connectivity index (χ3n) is 2.48. The first kappa shape index (κ1) is 15.8. The van der Waals surface area contributed by atoms with Crippen molar-refractivity contribution in [2.45, 2.75) is 19.8 Å². The number of alkyl halides is 4. The summed E-state index contributed by atoms with van der Waals surface area (Å²) in [6.45, 7) is -6.02. The summed E-state index contributed by atoms with van der Waals surface area (Å²) < 4.78 is 57.4. The van der Waals surface area contributed by atoms with E-state index in [2.05, 4.69) is 25.0 Å². The molecule has 1 heterocycles. The number of ether oxygens (including phenoxy) is 2. The Bertz CT molecular complexity index is 599. The molecule has 0 aliphatic carbocycles. The maximum absolute atomic E-state index is 12.3. The van der Waals surface area contributed by atoms with Crippen molar-refractivity contribution in [1.82, 2.24) is 10.2 Å². The molecule has 118 valence electrons. The zero-order valence-corrected chi connectivity index (χ0v) is 11.0. The molecular formula is C13H11F4N3O2. The lowest BCUT2D eigenvalue weighted by molar-refractivity contribution is -0.0691. The van der Waals surface area contributed by atoms with Crippen LogP contribution in [0.3, 0.4) is 0 Å². The molecule has 0 aliphatic heterocycles. The van der Waals surface area contributed by atoms with Crippen molar-refractivity contribution in [3.05, 3.63) is 42.2 Å². The molecule has 0 amide bonds. The molecule has 2 rings (SSSR count). The van der Waals surface area contributed by atoms with Crippen LogP contribution >= 0.6 is 0 Å². The van der Waals surface area contributed by atoms with Crippen LogP contribution in [0.1, 0.15) is 5.69 Å². The van der Waals surface area contributed by atoms with Gasteiger partial charge in [0, 0.05) is 18.0 Å². The molecule has 0 saturated carbocycles. The van der Waals surface area contributed by atoms with Crippen LogP contribution in [0, 0.1) is 0 Å². The number of anilines is 1. The number of hydrogen-bond donors (Lipinski definition) is 1. The fourth-order valence-electron chi connectivity index (χ4n) is 1.62. The Morgan fingerprint density at radius 3 is 2.36 bits per heavy atom. The molecule has 0 bridgehead atoms. The zero-order chi connectivity index (χ0) is 15.9. The predicted molar refractivity (Wildman–Crippen MR) is 69.1 cm³/mol. The monoisotopic (exact) mass is 317 g/mol. The van der Waals surface area contributed by atoms with E-state index in [0.29, 0.717) is 11.4 Å². The van der Waals surface area contributed by atoms with Crippen molar-refractivity contribution in [3.8, 4) is 11.5 Å². The van der Waals surface area contributed by atoms with Crippen LogP contribution < -0.4 is 14.8 Å².